The number of pyridine rings is 1. The van der Waals surface area contributed by atoms with Gasteiger partial charge in [-0.2, -0.15) is 0 Å². The fourth-order valence-electron chi connectivity index (χ4n) is 3.47. The van der Waals surface area contributed by atoms with E-state index in [1.165, 1.54) is 0 Å². The molecule has 0 spiro atoms. The van der Waals surface area contributed by atoms with Crippen LogP contribution in [0.1, 0.15) is 29.0 Å². The number of carbonyl (C=O) groups is 2. The number of hydrogen-bond donors (Lipinski definition) is 1. The second-order valence-electron chi connectivity index (χ2n) is 6.86. The number of nitrogens with one attached hydrogen (secondary N) is 1. The summed E-state index contributed by atoms with van der Waals surface area (Å²) in [6.45, 7) is 1.36. The Morgan fingerprint density at radius 3 is 2.79 bits per heavy atom. The van der Waals surface area contributed by atoms with Crippen LogP contribution in [0.2, 0.25) is 5.02 Å². The van der Waals surface area contributed by atoms with Gasteiger partial charge < -0.3 is 10.2 Å². The van der Waals surface area contributed by atoms with Crippen molar-refractivity contribution >= 4 is 29.1 Å². The van der Waals surface area contributed by atoms with Gasteiger partial charge in [0.05, 0.1) is 12.5 Å². The Bertz CT molecular complexity index is 1000. The highest BCUT2D eigenvalue weighted by molar-refractivity contribution is 6.30. The SMILES string of the molecule is O=C(NCc1nnc2ccccn12)[C@@H]1CCCN(C(=O)c2ccc(Cl)cc2)C1. The molecule has 1 aliphatic heterocycles. The molecule has 7 nitrogen and oxygen atoms in total. The molecule has 3 heterocycles. The first-order valence-corrected chi connectivity index (χ1v) is 9.61. The van der Waals surface area contributed by atoms with E-state index in [0.29, 0.717) is 36.0 Å². The summed E-state index contributed by atoms with van der Waals surface area (Å²) in [5.74, 6) is 0.303. The summed E-state index contributed by atoms with van der Waals surface area (Å²) in [5, 5.41) is 11.7. The molecule has 0 unspecified atom stereocenters. The van der Waals surface area contributed by atoms with Crippen LogP contribution >= 0.6 is 11.6 Å². The van der Waals surface area contributed by atoms with Gasteiger partial charge in [-0.25, -0.2) is 0 Å². The van der Waals surface area contributed by atoms with Crippen molar-refractivity contribution in [3.8, 4) is 0 Å². The number of benzene rings is 1. The fraction of sp³-hybridized carbons (Fsp3) is 0.300. The van der Waals surface area contributed by atoms with E-state index >= 15 is 0 Å². The van der Waals surface area contributed by atoms with E-state index in [1.807, 2.05) is 28.8 Å². The molecule has 1 saturated heterocycles. The third-order valence-corrected chi connectivity index (χ3v) is 5.23. The lowest BCUT2D eigenvalue weighted by molar-refractivity contribution is -0.126. The average molecular weight is 398 g/mol. The largest absolute Gasteiger partial charge is 0.348 e. The lowest BCUT2D eigenvalue weighted by Gasteiger charge is -2.32. The number of rotatable bonds is 4. The molecule has 1 atom stereocenters. The van der Waals surface area contributed by atoms with Gasteiger partial charge in [0.1, 0.15) is 0 Å². The van der Waals surface area contributed by atoms with Crippen molar-refractivity contribution in [3.05, 3.63) is 65.1 Å². The van der Waals surface area contributed by atoms with Crippen LogP contribution in [0.25, 0.3) is 5.65 Å². The summed E-state index contributed by atoms with van der Waals surface area (Å²) < 4.78 is 1.84. The normalized spacial score (nSPS) is 16.9. The molecule has 0 aliphatic carbocycles. The maximum absolute atomic E-state index is 12.7. The van der Waals surface area contributed by atoms with Crippen LogP contribution in [-0.2, 0) is 11.3 Å². The molecule has 0 bridgehead atoms. The number of carbonyl (C=O) groups excluding carboxylic acids is 2. The predicted octanol–water partition coefficient (Wildman–Crippen LogP) is 2.55. The van der Waals surface area contributed by atoms with Gasteiger partial charge in [-0.1, -0.05) is 17.7 Å². The minimum Gasteiger partial charge on any atom is -0.348 e. The van der Waals surface area contributed by atoms with E-state index < -0.39 is 0 Å². The second kappa shape index (κ2) is 7.98. The Morgan fingerprint density at radius 1 is 1.14 bits per heavy atom. The molecular weight excluding hydrogens is 378 g/mol. The topological polar surface area (TPSA) is 79.6 Å². The summed E-state index contributed by atoms with van der Waals surface area (Å²) in [5.41, 5.74) is 1.32. The molecule has 0 radical (unpaired) electrons. The summed E-state index contributed by atoms with van der Waals surface area (Å²) in [7, 11) is 0. The molecule has 1 N–H and O–H groups in total. The number of hydrogen-bond acceptors (Lipinski definition) is 4. The third kappa shape index (κ3) is 3.84. The van der Waals surface area contributed by atoms with E-state index in [2.05, 4.69) is 15.5 Å². The zero-order chi connectivity index (χ0) is 19.5. The number of fused-ring (bicyclic) bond motifs is 1. The monoisotopic (exact) mass is 397 g/mol. The van der Waals surface area contributed by atoms with Crippen molar-refractivity contribution in [1.29, 1.82) is 0 Å². The minimum absolute atomic E-state index is 0.0683. The average Bonchev–Trinajstić information content (AvgIpc) is 3.15. The minimum atomic E-state index is -0.232. The van der Waals surface area contributed by atoms with Gasteiger partial charge in [-0.3, -0.25) is 14.0 Å². The highest BCUT2D eigenvalue weighted by atomic mass is 35.5. The molecule has 2 amide bonds. The molecule has 1 aromatic carbocycles. The van der Waals surface area contributed by atoms with Gasteiger partial charge in [0.2, 0.25) is 5.91 Å². The Balaban J connectivity index is 1.38. The molecule has 1 aliphatic rings. The first kappa shape index (κ1) is 18.4. The molecule has 3 aromatic rings. The number of halogens is 1. The first-order valence-electron chi connectivity index (χ1n) is 9.23. The zero-order valence-electron chi connectivity index (χ0n) is 15.2. The Labute approximate surface area is 167 Å². The van der Waals surface area contributed by atoms with Crippen LogP contribution in [0.4, 0.5) is 0 Å². The summed E-state index contributed by atoms with van der Waals surface area (Å²) >= 11 is 5.89. The van der Waals surface area contributed by atoms with Crippen LogP contribution in [0, 0.1) is 5.92 Å². The quantitative estimate of drug-likeness (QED) is 0.733. The molecule has 144 valence electrons. The molecular formula is C20H20ClN5O2. The van der Waals surface area contributed by atoms with Crippen LogP contribution in [0.5, 0.6) is 0 Å². The maximum atomic E-state index is 12.7. The van der Waals surface area contributed by atoms with E-state index in [4.69, 9.17) is 11.6 Å². The van der Waals surface area contributed by atoms with Crippen LogP contribution in [0.3, 0.4) is 0 Å². The van der Waals surface area contributed by atoms with Crippen molar-refractivity contribution in [3.63, 3.8) is 0 Å². The predicted molar refractivity (Wildman–Crippen MR) is 105 cm³/mol. The lowest BCUT2D eigenvalue weighted by Crippen LogP contribution is -2.45. The molecule has 1 fully saturated rings. The molecule has 0 saturated carbocycles. The van der Waals surface area contributed by atoms with Gasteiger partial charge >= 0.3 is 0 Å². The van der Waals surface area contributed by atoms with Crippen molar-refractivity contribution in [2.75, 3.05) is 13.1 Å². The number of nitrogens with zero attached hydrogens (tertiary/aromatic N) is 4. The van der Waals surface area contributed by atoms with Crippen molar-refractivity contribution < 1.29 is 9.59 Å². The standard InChI is InChI=1S/C20H20ClN5O2/c21-16-8-6-14(7-9-16)20(28)25-10-3-4-15(13-25)19(27)22-12-18-24-23-17-5-1-2-11-26(17)18/h1-2,5-9,11,15H,3-4,10,12-13H2,(H,22,27)/t15-/m1/s1. The highest BCUT2D eigenvalue weighted by Crippen LogP contribution is 2.20. The van der Waals surface area contributed by atoms with Crippen LogP contribution in [0.15, 0.2) is 48.7 Å². The number of amides is 2. The summed E-state index contributed by atoms with van der Waals surface area (Å²) in [6.07, 6.45) is 3.42. The molecule has 28 heavy (non-hydrogen) atoms. The third-order valence-electron chi connectivity index (χ3n) is 4.98. The number of likely N-dealkylation sites (tertiary alicyclic amines) is 1. The van der Waals surface area contributed by atoms with Crippen LogP contribution < -0.4 is 5.32 Å². The van der Waals surface area contributed by atoms with Crippen LogP contribution in [-0.4, -0.2) is 44.4 Å². The van der Waals surface area contributed by atoms with Crippen molar-refractivity contribution in [1.82, 2.24) is 24.8 Å². The molecule has 4 rings (SSSR count). The maximum Gasteiger partial charge on any atom is 0.253 e. The molecule has 8 heteroatoms. The summed E-state index contributed by atoms with van der Waals surface area (Å²) in [4.78, 5) is 27.1. The Morgan fingerprint density at radius 2 is 1.96 bits per heavy atom. The van der Waals surface area contributed by atoms with E-state index in [0.717, 1.165) is 18.5 Å². The van der Waals surface area contributed by atoms with E-state index in [9.17, 15) is 9.59 Å². The number of piperidine rings is 1. The van der Waals surface area contributed by atoms with Crippen molar-refractivity contribution in [2.45, 2.75) is 19.4 Å². The van der Waals surface area contributed by atoms with Gasteiger partial charge in [0, 0.05) is 29.9 Å². The first-order chi connectivity index (χ1) is 13.6. The zero-order valence-corrected chi connectivity index (χ0v) is 16.0. The fourth-order valence-corrected chi connectivity index (χ4v) is 3.60. The Hall–Kier alpha value is -2.93. The Kier molecular flexibility index (Phi) is 5.25. The van der Waals surface area contributed by atoms with Crippen molar-refractivity contribution in [2.24, 2.45) is 5.92 Å². The number of aromatic nitrogens is 3. The van der Waals surface area contributed by atoms with E-state index in [-0.39, 0.29) is 17.7 Å². The highest BCUT2D eigenvalue weighted by Gasteiger charge is 2.29. The second-order valence-corrected chi connectivity index (χ2v) is 7.30. The molecule has 2 aromatic heterocycles. The summed E-state index contributed by atoms with van der Waals surface area (Å²) in [6, 6.07) is 12.5. The van der Waals surface area contributed by atoms with E-state index in [1.54, 1.807) is 29.2 Å². The van der Waals surface area contributed by atoms with Gasteiger partial charge in [0.25, 0.3) is 5.91 Å². The van der Waals surface area contributed by atoms with Gasteiger partial charge in [-0.05, 0) is 49.2 Å². The van der Waals surface area contributed by atoms with Gasteiger partial charge in [-0.15, -0.1) is 10.2 Å². The van der Waals surface area contributed by atoms with Gasteiger partial charge in [0.15, 0.2) is 11.5 Å². The smallest absolute Gasteiger partial charge is 0.253 e. The lowest BCUT2D eigenvalue weighted by atomic mass is 9.96.